The van der Waals surface area contributed by atoms with Gasteiger partial charge in [0.1, 0.15) is 16.7 Å². The molecule has 2 aliphatic rings. The van der Waals surface area contributed by atoms with Crippen LogP contribution in [-0.2, 0) is 26.3 Å². The van der Waals surface area contributed by atoms with Gasteiger partial charge in [-0.3, -0.25) is 9.59 Å². The molecular formula is C26H23N3O5. The molecule has 1 amide bonds. The number of carbonyl (C=O) groups is 2. The molecule has 34 heavy (non-hydrogen) atoms. The maximum Gasteiger partial charge on any atom is 0.340 e. The Hall–Kier alpha value is -4.33. The molecule has 5 rings (SSSR count). The van der Waals surface area contributed by atoms with Gasteiger partial charge in [0.25, 0.3) is 5.56 Å². The van der Waals surface area contributed by atoms with E-state index in [0.717, 1.165) is 11.1 Å². The van der Waals surface area contributed by atoms with E-state index in [0.29, 0.717) is 16.9 Å². The summed E-state index contributed by atoms with van der Waals surface area (Å²) in [6.07, 6.45) is 0. The van der Waals surface area contributed by atoms with Crippen molar-refractivity contribution in [1.82, 2.24) is 4.98 Å². The van der Waals surface area contributed by atoms with Gasteiger partial charge in [-0.1, -0.05) is 48.0 Å². The van der Waals surface area contributed by atoms with E-state index in [-0.39, 0.29) is 29.3 Å². The Morgan fingerprint density at radius 3 is 2.62 bits per heavy atom. The number of amides is 1. The first-order chi connectivity index (χ1) is 16.3. The molecule has 8 heteroatoms. The van der Waals surface area contributed by atoms with Crippen LogP contribution in [0.5, 0.6) is 5.75 Å². The molecule has 1 atom stereocenters. The molecule has 3 aromatic rings. The second-order valence-corrected chi connectivity index (χ2v) is 8.50. The molecule has 0 fully saturated rings. The van der Waals surface area contributed by atoms with Crippen molar-refractivity contribution in [2.75, 3.05) is 12.0 Å². The van der Waals surface area contributed by atoms with Crippen molar-refractivity contribution in [3.63, 3.8) is 0 Å². The van der Waals surface area contributed by atoms with Crippen LogP contribution in [0.4, 0.5) is 5.69 Å². The summed E-state index contributed by atoms with van der Waals surface area (Å²) < 4.78 is 10.7. The molecule has 0 radical (unpaired) electrons. The monoisotopic (exact) mass is 457 g/mol. The van der Waals surface area contributed by atoms with Crippen LogP contribution in [0.15, 0.2) is 70.8 Å². The fraction of sp³-hybridized carbons (Fsp3) is 0.192. The maximum absolute atomic E-state index is 14.4. The molecule has 2 aromatic carbocycles. The first kappa shape index (κ1) is 21.5. The highest BCUT2D eigenvalue weighted by atomic mass is 16.5. The highest BCUT2D eigenvalue weighted by molar-refractivity contribution is 6.18. The van der Waals surface area contributed by atoms with Gasteiger partial charge in [-0.25, -0.2) is 4.79 Å². The lowest BCUT2D eigenvalue weighted by Crippen LogP contribution is -2.51. The number of benzene rings is 2. The van der Waals surface area contributed by atoms with E-state index in [2.05, 4.69) is 4.98 Å². The summed E-state index contributed by atoms with van der Waals surface area (Å²) in [5.41, 5.74) is 7.22. The lowest BCUT2D eigenvalue weighted by atomic mass is 9.68. The van der Waals surface area contributed by atoms with E-state index in [1.807, 2.05) is 31.2 Å². The first-order valence-corrected chi connectivity index (χ1v) is 10.8. The average Bonchev–Trinajstić information content (AvgIpc) is 3.02. The molecule has 3 heterocycles. The second kappa shape index (κ2) is 7.62. The van der Waals surface area contributed by atoms with Crippen LogP contribution < -0.4 is 20.9 Å². The van der Waals surface area contributed by atoms with Gasteiger partial charge >= 0.3 is 5.97 Å². The van der Waals surface area contributed by atoms with E-state index < -0.39 is 22.9 Å². The van der Waals surface area contributed by atoms with E-state index in [1.54, 1.807) is 42.2 Å². The number of para-hydroxylation sites is 1. The number of nitrogens with one attached hydrogen (secondary N) is 1. The number of esters is 1. The largest absolute Gasteiger partial charge is 0.465 e. The molecule has 0 saturated carbocycles. The quantitative estimate of drug-likeness (QED) is 0.584. The predicted octanol–water partition coefficient (Wildman–Crippen LogP) is 2.56. The lowest BCUT2D eigenvalue weighted by molar-refractivity contribution is -0.138. The molecule has 0 bridgehead atoms. The fourth-order valence-corrected chi connectivity index (χ4v) is 5.02. The fourth-order valence-electron chi connectivity index (χ4n) is 5.02. The summed E-state index contributed by atoms with van der Waals surface area (Å²) in [6.45, 7) is 3.91. The van der Waals surface area contributed by atoms with Gasteiger partial charge in [-0.2, -0.15) is 0 Å². The lowest BCUT2D eigenvalue weighted by Gasteiger charge is -2.35. The molecule has 0 saturated heterocycles. The normalized spacial score (nSPS) is 18.6. The summed E-state index contributed by atoms with van der Waals surface area (Å²) in [6, 6.07) is 16.5. The van der Waals surface area contributed by atoms with Gasteiger partial charge in [0, 0.05) is 23.0 Å². The Labute approximate surface area is 195 Å². The van der Waals surface area contributed by atoms with Crippen LogP contribution in [-0.4, -0.2) is 24.0 Å². The number of carbonyl (C=O) groups excluding carboxylic acids is 2. The van der Waals surface area contributed by atoms with Gasteiger partial charge in [0.2, 0.25) is 11.8 Å². The number of hydrogen-bond acceptors (Lipinski definition) is 6. The topological polar surface area (TPSA) is 115 Å². The standard InChI is InChI=1S/C26H23N3O5/c1-14-7-6-8-16(11-14)13-29-18-10-5-4-9-17(18)26(25(29)32)20-19(12-15(2)28-23(20)30)34-22(27)21(26)24(31)33-3/h4-12H,13,27H2,1-3H3,(H,28,30)/t26-/m1/s1. The van der Waals surface area contributed by atoms with Crippen LogP contribution >= 0.6 is 0 Å². The maximum atomic E-state index is 14.4. The number of nitrogens with two attached hydrogens (primary N) is 1. The predicted molar refractivity (Wildman–Crippen MR) is 125 cm³/mol. The highest BCUT2D eigenvalue weighted by Gasteiger charge is 2.62. The zero-order valence-electron chi connectivity index (χ0n) is 19.0. The van der Waals surface area contributed by atoms with Crippen molar-refractivity contribution < 1.29 is 19.1 Å². The van der Waals surface area contributed by atoms with Gasteiger partial charge in [-0.15, -0.1) is 0 Å². The Morgan fingerprint density at radius 2 is 1.88 bits per heavy atom. The summed E-state index contributed by atoms with van der Waals surface area (Å²) in [5, 5.41) is 0. The number of methoxy groups -OCH3 is 1. The zero-order valence-corrected chi connectivity index (χ0v) is 19.0. The van der Waals surface area contributed by atoms with Crippen molar-refractivity contribution >= 4 is 17.6 Å². The number of pyridine rings is 1. The molecule has 2 aliphatic heterocycles. The third-order valence-electron chi connectivity index (χ3n) is 6.33. The third kappa shape index (κ3) is 2.88. The molecule has 8 nitrogen and oxygen atoms in total. The van der Waals surface area contributed by atoms with Crippen LogP contribution in [0.1, 0.15) is 27.9 Å². The summed E-state index contributed by atoms with van der Waals surface area (Å²) in [5.74, 6) is -1.46. The number of H-pyrrole nitrogens is 1. The number of ether oxygens (including phenoxy) is 2. The molecule has 0 unspecified atom stereocenters. The number of fused-ring (bicyclic) bond motifs is 4. The minimum atomic E-state index is -1.81. The third-order valence-corrected chi connectivity index (χ3v) is 6.33. The van der Waals surface area contributed by atoms with E-state index in [4.69, 9.17) is 15.2 Å². The smallest absolute Gasteiger partial charge is 0.340 e. The van der Waals surface area contributed by atoms with Crippen molar-refractivity contribution in [2.24, 2.45) is 5.73 Å². The number of anilines is 1. The minimum absolute atomic E-state index is 0.0110. The van der Waals surface area contributed by atoms with Gasteiger partial charge < -0.3 is 25.1 Å². The summed E-state index contributed by atoms with van der Waals surface area (Å²) in [7, 11) is 1.20. The van der Waals surface area contributed by atoms with Crippen LogP contribution in [0, 0.1) is 13.8 Å². The highest BCUT2D eigenvalue weighted by Crippen LogP contribution is 2.54. The number of rotatable bonds is 3. The number of aromatic nitrogens is 1. The van der Waals surface area contributed by atoms with Crippen molar-refractivity contribution in [3.05, 3.63) is 104 Å². The number of hydrogen-bond donors (Lipinski definition) is 2. The number of aromatic amines is 1. The van der Waals surface area contributed by atoms with E-state index in [1.165, 1.54) is 7.11 Å². The second-order valence-electron chi connectivity index (χ2n) is 8.50. The zero-order chi connectivity index (χ0) is 24.2. The Kier molecular flexibility index (Phi) is 4.82. The molecule has 172 valence electrons. The SMILES string of the molecule is COC(=O)C1=C(N)Oc2cc(C)[nH]c(=O)c2[C@@]12C(=O)N(Cc1cccc(C)c1)c1ccccc12. The Morgan fingerprint density at radius 1 is 1.12 bits per heavy atom. The van der Waals surface area contributed by atoms with Crippen LogP contribution in [0.2, 0.25) is 0 Å². The van der Waals surface area contributed by atoms with Gasteiger partial charge in [-0.05, 0) is 25.5 Å². The number of aryl methyl sites for hydroxylation is 2. The molecular weight excluding hydrogens is 434 g/mol. The average molecular weight is 457 g/mol. The molecule has 3 N–H and O–H groups in total. The molecule has 1 aromatic heterocycles. The van der Waals surface area contributed by atoms with Crippen LogP contribution in [0.25, 0.3) is 0 Å². The summed E-state index contributed by atoms with van der Waals surface area (Å²) in [4.78, 5) is 45.2. The molecule has 1 spiro atoms. The van der Waals surface area contributed by atoms with E-state index >= 15 is 0 Å². The Bertz CT molecular complexity index is 1450. The van der Waals surface area contributed by atoms with Crippen molar-refractivity contribution in [2.45, 2.75) is 25.8 Å². The summed E-state index contributed by atoms with van der Waals surface area (Å²) >= 11 is 0. The van der Waals surface area contributed by atoms with E-state index in [9.17, 15) is 14.4 Å². The van der Waals surface area contributed by atoms with Crippen molar-refractivity contribution in [3.8, 4) is 5.75 Å². The van der Waals surface area contributed by atoms with Gasteiger partial charge in [0.05, 0.1) is 19.2 Å². The minimum Gasteiger partial charge on any atom is -0.465 e. The van der Waals surface area contributed by atoms with Crippen molar-refractivity contribution in [1.29, 1.82) is 0 Å². The first-order valence-electron chi connectivity index (χ1n) is 10.8. The Balaban J connectivity index is 1.84. The number of nitrogens with zero attached hydrogens (tertiary/aromatic N) is 1. The van der Waals surface area contributed by atoms with Gasteiger partial charge in [0.15, 0.2) is 0 Å². The van der Waals surface area contributed by atoms with Crippen LogP contribution in [0.3, 0.4) is 0 Å². The molecule has 0 aliphatic carbocycles.